The van der Waals surface area contributed by atoms with E-state index in [1.54, 1.807) is 12.1 Å². The molecule has 0 aliphatic heterocycles. The van der Waals surface area contributed by atoms with E-state index in [0.717, 1.165) is 13.1 Å². The topological polar surface area (TPSA) is 64.4 Å². The molecule has 1 rings (SSSR count). The zero-order valence-electron chi connectivity index (χ0n) is 10.7. The zero-order valence-corrected chi connectivity index (χ0v) is 10.7. The molecule has 1 aromatic carbocycles. The Morgan fingerprint density at radius 1 is 1.39 bits per heavy atom. The van der Waals surface area contributed by atoms with Crippen LogP contribution in [0.15, 0.2) is 35.9 Å². The normalized spacial score (nSPS) is 9.89. The molecule has 0 radical (unpaired) electrons. The Labute approximate surface area is 107 Å². The van der Waals surface area contributed by atoms with E-state index in [0.29, 0.717) is 12.4 Å². The maximum Gasteiger partial charge on any atom is 0.269 e. The van der Waals surface area contributed by atoms with Crippen molar-refractivity contribution in [2.75, 3.05) is 19.7 Å². The van der Waals surface area contributed by atoms with Crippen molar-refractivity contribution in [2.24, 2.45) is 0 Å². The highest BCUT2D eigenvalue weighted by Gasteiger charge is 2.03. The Balaban J connectivity index is 2.23. The number of rotatable bonds is 7. The number of hydrogen-bond acceptors (Lipinski definition) is 4. The second-order valence-electron chi connectivity index (χ2n) is 4.09. The van der Waals surface area contributed by atoms with Gasteiger partial charge in [0.25, 0.3) is 5.69 Å². The maximum atomic E-state index is 10.4. The monoisotopic (exact) mass is 250 g/mol. The predicted octanol–water partition coefficient (Wildman–Crippen LogP) is 2.53. The van der Waals surface area contributed by atoms with Crippen molar-refractivity contribution in [1.29, 1.82) is 0 Å². The number of hydrogen-bond donors (Lipinski definition) is 1. The van der Waals surface area contributed by atoms with Gasteiger partial charge in [-0.15, -0.1) is 0 Å². The van der Waals surface area contributed by atoms with Crippen LogP contribution >= 0.6 is 0 Å². The van der Waals surface area contributed by atoms with Crippen molar-refractivity contribution in [3.63, 3.8) is 0 Å². The van der Waals surface area contributed by atoms with E-state index in [2.05, 4.69) is 25.2 Å². The fraction of sp³-hybridized carbons (Fsp3) is 0.385. The fourth-order valence-electron chi connectivity index (χ4n) is 1.28. The molecule has 0 atom stereocenters. The van der Waals surface area contributed by atoms with Crippen LogP contribution in [0.5, 0.6) is 5.75 Å². The van der Waals surface area contributed by atoms with Crippen molar-refractivity contribution in [1.82, 2.24) is 5.32 Å². The highest BCUT2D eigenvalue weighted by atomic mass is 16.6. The van der Waals surface area contributed by atoms with Crippen molar-refractivity contribution >= 4 is 5.69 Å². The summed E-state index contributed by atoms with van der Waals surface area (Å²) in [6, 6.07) is 6.08. The van der Waals surface area contributed by atoms with Crippen LogP contribution in [-0.4, -0.2) is 24.6 Å². The summed E-state index contributed by atoms with van der Waals surface area (Å²) in [5.41, 5.74) is 1.35. The standard InChI is InChI=1S/C13H18N2O3/c1-11(2)7-8-14-9-10-18-13-5-3-12(4-6-13)15(16)17/h3-7,14H,8-10H2,1-2H3. The Bertz CT molecular complexity index is 409. The van der Waals surface area contributed by atoms with Crippen LogP contribution in [0.25, 0.3) is 0 Å². The summed E-state index contributed by atoms with van der Waals surface area (Å²) in [5.74, 6) is 0.643. The van der Waals surface area contributed by atoms with Crippen LogP contribution in [0.2, 0.25) is 0 Å². The van der Waals surface area contributed by atoms with Crippen LogP contribution < -0.4 is 10.1 Å². The first-order valence-corrected chi connectivity index (χ1v) is 5.81. The van der Waals surface area contributed by atoms with E-state index in [1.807, 2.05) is 0 Å². The van der Waals surface area contributed by atoms with E-state index < -0.39 is 4.92 Å². The van der Waals surface area contributed by atoms with E-state index >= 15 is 0 Å². The number of nitrogens with zero attached hydrogens (tertiary/aromatic N) is 1. The van der Waals surface area contributed by atoms with E-state index in [1.165, 1.54) is 17.7 Å². The van der Waals surface area contributed by atoms with Crippen molar-refractivity contribution < 1.29 is 9.66 Å². The van der Waals surface area contributed by atoms with Crippen LogP contribution in [0, 0.1) is 10.1 Å². The SMILES string of the molecule is CC(C)=CCNCCOc1ccc([N+](=O)[O-])cc1. The van der Waals surface area contributed by atoms with Gasteiger partial charge < -0.3 is 10.1 Å². The van der Waals surface area contributed by atoms with Gasteiger partial charge >= 0.3 is 0 Å². The highest BCUT2D eigenvalue weighted by molar-refractivity contribution is 5.35. The molecule has 0 spiro atoms. The molecule has 1 aromatic rings. The molecule has 1 N–H and O–H groups in total. The molecule has 98 valence electrons. The molecule has 0 aliphatic rings. The maximum absolute atomic E-state index is 10.4. The molecule has 0 aromatic heterocycles. The molecular formula is C13H18N2O3. The summed E-state index contributed by atoms with van der Waals surface area (Å²) in [4.78, 5) is 10.0. The average molecular weight is 250 g/mol. The first-order valence-electron chi connectivity index (χ1n) is 5.81. The van der Waals surface area contributed by atoms with Crippen LogP contribution in [-0.2, 0) is 0 Å². The lowest BCUT2D eigenvalue weighted by molar-refractivity contribution is -0.384. The highest BCUT2D eigenvalue weighted by Crippen LogP contribution is 2.16. The predicted molar refractivity (Wildman–Crippen MR) is 70.9 cm³/mol. The third kappa shape index (κ3) is 5.45. The summed E-state index contributed by atoms with van der Waals surface area (Å²) in [5, 5.41) is 13.7. The molecule has 0 saturated carbocycles. The first-order chi connectivity index (χ1) is 8.59. The second-order valence-corrected chi connectivity index (χ2v) is 4.09. The molecule has 0 heterocycles. The van der Waals surface area contributed by atoms with Gasteiger partial charge in [0, 0.05) is 25.2 Å². The van der Waals surface area contributed by atoms with Gasteiger partial charge in [-0.3, -0.25) is 10.1 Å². The number of non-ortho nitro benzene ring substituents is 1. The lowest BCUT2D eigenvalue weighted by Gasteiger charge is -2.06. The fourth-order valence-corrected chi connectivity index (χ4v) is 1.28. The molecule has 18 heavy (non-hydrogen) atoms. The lowest BCUT2D eigenvalue weighted by atomic mass is 10.3. The van der Waals surface area contributed by atoms with Crippen LogP contribution in [0.4, 0.5) is 5.69 Å². The quantitative estimate of drug-likeness (QED) is 0.349. The molecule has 0 bridgehead atoms. The Kier molecular flexibility index (Phi) is 5.87. The molecule has 0 saturated heterocycles. The molecule has 5 nitrogen and oxygen atoms in total. The number of nitro benzene ring substituents is 1. The number of ether oxygens (including phenoxy) is 1. The Morgan fingerprint density at radius 2 is 2.06 bits per heavy atom. The van der Waals surface area contributed by atoms with Gasteiger partial charge in [-0.25, -0.2) is 0 Å². The number of nitro groups is 1. The summed E-state index contributed by atoms with van der Waals surface area (Å²) < 4.78 is 5.44. The van der Waals surface area contributed by atoms with Gasteiger partial charge in [0.05, 0.1) is 4.92 Å². The molecule has 0 aliphatic carbocycles. The lowest BCUT2D eigenvalue weighted by Crippen LogP contribution is -2.21. The minimum Gasteiger partial charge on any atom is -0.492 e. The molecule has 0 fully saturated rings. The van der Waals surface area contributed by atoms with E-state index in [4.69, 9.17) is 4.74 Å². The van der Waals surface area contributed by atoms with Crippen LogP contribution in [0.3, 0.4) is 0 Å². The van der Waals surface area contributed by atoms with Crippen LogP contribution in [0.1, 0.15) is 13.8 Å². The molecular weight excluding hydrogens is 232 g/mol. The van der Waals surface area contributed by atoms with Gasteiger partial charge in [-0.05, 0) is 26.0 Å². The summed E-state index contributed by atoms with van der Waals surface area (Å²) in [6.45, 7) is 6.20. The third-order valence-electron chi connectivity index (χ3n) is 2.25. The van der Waals surface area contributed by atoms with Gasteiger partial charge in [0.1, 0.15) is 12.4 Å². The van der Waals surface area contributed by atoms with Crippen molar-refractivity contribution in [2.45, 2.75) is 13.8 Å². The number of nitrogens with one attached hydrogen (secondary N) is 1. The summed E-state index contributed by atoms with van der Waals surface area (Å²) in [6.07, 6.45) is 2.10. The summed E-state index contributed by atoms with van der Waals surface area (Å²) in [7, 11) is 0. The van der Waals surface area contributed by atoms with E-state index in [-0.39, 0.29) is 5.69 Å². The third-order valence-corrected chi connectivity index (χ3v) is 2.25. The zero-order chi connectivity index (χ0) is 13.4. The Hall–Kier alpha value is -1.88. The smallest absolute Gasteiger partial charge is 0.269 e. The minimum atomic E-state index is -0.426. The molecule has 0 amide bonds. The molecule has 0 unspecified atom stereocenters. The van der Waals surface area contributed by atoms with Gasteiger partial charge in [0.2, 0.25) is 0 Å². The summed E-state index contributed by atoms with van der Waals surface area (Å²) >= 11 is 0. The number of allylic oxidation sites excluding steroid dienone is 1. The average Bonchev–Trinajstić information content (AvgIpc) is 2.34. The second kappa shape index (κ2) is 7.45. The van der Waals surface area contributed by atoms with Gasteiger partial charge in [0.15, 0.2) is 0 Å². The Morgan fingerprint density at radius 3 is 2.61 bits per heavy atom. The van der Waals surface area contributed by atoms with Gasteiger partial charge in [-0.2, -0.15) is 0 Å². The minimum absolute atomic E-state index is 0.0732. The largest absolute Gasteiger partial charge is 0.492 e. The first kappa shape index (κ1) is 14.2. The van der Waals surface area contributed by atoms with Crippen molar-refractivity contribution in [3.8, 4) is 5.75 Å². The van der Waals surface area contributed by atoms with Crippen molar-refractivity contribution in [3.05, 3.63) is 46.0 Å². The van der Waals surface area contributed by atoms with E-state index in [9.17, 15) is 10.1 Å². The van der Waals surface area contributed by atoms with Gasteiger partial charge in [-0.1, -0.05) is 11.6 Å². The number of benzene rings is 1. The molecule has 5 heteroatoms.